The first-order valence-corrected chi connectivity index (χ1v) is 4.03. The highest BCUT2D eigenvalue weighted by atomic mass is 15.7. The first-order valence-electron chi connectivity index (χ1n) is 4.03. The zero-order valence-corrected chi connectivity index (χ0v) is 7.33. The summed E-state index contributed by atoms with van der Waals surface area (Å²) < 4.78 is 0. The highest BCUT2D eigenvalue weighted by Gasteiger charge is 2.00. The number of nitrogens with zero attached hydrogens (tertiary/aromatic N) is 4. The van der Waals surface area contributed by atoms with Gasteiger partial charge in [0, 0.05) is 7.05 Å². The predicted octanol–water partition coefficient (Wildman–Crippen LogP) is 1.18. The standard InChI is InChI=1S/C9H10N4/c1-12(13-8-7-10-11-13)9-5-3-2-4-6-9/h2-8H,1H3. The SMILES string of the molecule is CN(c1ccccc1)n1ccnn1. The molecule has 0 N–H and O–H groups in total. The second-order valence-corrected chi connectivity index (χ2v) is 2.68. The molecule has 0 bridgehead atoms. The Hall–Kier alpha value is -1.84. The molecule has 4 nitrogen and oxygen atoms in total. The average Bonchev–Trinajstić information content (AvgIpc) is 2.71. The summed E-state index contributed by atoms with van der Waals surface area (Å²) >= 11 is 0. The Kier molecular flexibility index (Phi) is 1.96. The fourth-order valence-corrected chi connectivity index (χ4v) is 1.12. The Morgan fingerprint density at radius 3 is 2.62 bits per heavy atom. The molecule has 2 aromatic rings. The van der Waals surface area contributed by atoms with Crippen LogP contribution in [0.3, 0.4) is 0 Å². The lowest BCUT2D eigenvalue weighted by atomic mass is 10.3. The van der Waals surface area contributed by atoms with Crippen LogP contribution in [-0.2, 0) is 0 Å². The van der Waals surface area contributed by atoms with E-state index in [0.29, 0.717) is 0 Å². The average molecular weight is 174 g/mol. The van der Waals surface area contributed by atoms with Crippen molar-refractivity contribution in [2.24, 2.45) is 0 Å². The van der Waals surface area contributed by atoms with Crippen LogP contribution in [0, 0.1) is 0 Å². The monoisotopic (exact) mass is 174 g/mol. The maximum atomic E-state index is 3.89. The topological polar surface area (TPSA) is 34.0 Å². The van der Waals surface area contributed by atoms with Gasteiger partial charge < -0.3 is 0 Å². The molecule has 0 saturated heterocycles. The zero-order chi connectivity index (χ0) is 9.10. The van der Waals surface area contributed by atoms with Crippen LogP contribution in [0.15, 0.2) is 42.7 Å². The predicted molar refractivity (Wildman–Crippen MR) is 50.3 cm³/mol. The maximum absolute atomic E-state index is 3.89. The molecule has 13 heavy (non-hydrogen) atoms. The van der Waals surface area contributed by atoms with E-state index >= 15 is 0 Å². The van der Waals surface area contributed by atoms with Crippen molar-refractivity contribution in [2.45, 2.75) is 0 Å². The van der Waals surface area contributed by atoms with E-state index in [1.54, 1.807) is 17.2 Å². The molecule has 0 fully saturated rings. The molecule has 0 amide bonds. The highest BCUT2D eigenvalue weighted by molar-refractivity contribution is 5.44. The van der Waals surface area contributed by atoms with Crippen molar-refractivity contribution >= 4 is 5.69 Å². The minimum Gasteiger partial charge on any atom is -0.267 e. The fraction of sp³-hybridized carbons (Fsp3) is 0.111. The van der Waals surface area contributed by atoms with Crippen molar-refractivity contribution in [1.82, 2.24) is 15.1 Å². The summed E-state index contributed by atoms with van der Waals surface area (Å²) in [5.74, 6) is 0. The third kappa shape index (κ3) is 1.51. The number of aromatic nitrogens is 3. The lowest BCUT2D eigenvalue weighted by Gasteiger charge is -2.17. The van der Waals surface area contributed by atoms with Crippen molar-refractivity contribution in [1.29, 1.82) is 0 Å². The number of benzene rings is 1. The minimum absolute atomic E-state index is 1.08. The molecule has 1 aromatic carbocycles. The van der Waals surface area contributed by atoms with Crippen molar-refractivity contribution in [3.63, 3.8) is 0 Å². The van der Waals surface area contributed by atoms with E-state index < -0.39 is 0 Å². The third-order valence-corrected chi connectivity index (χ3v) is 1.85. The fourth-order valence-electron chi connectivity index (χ4n) is 1.12. The van der Waals surface area contributed by atoms with Gasteiger partial charge in [0.1, 0.15) is 0 Å². The van der Waals surface area contributed by atoms with Gasteiger partial charge in [0.25, 0.3) is 0 Å². The third-order valence-electron chi connectivity index (χ3n) is 1.85. The molecule has 4 heteroatoms. The van der Waals surface area contributed by atoms with Crippen molar-refractivity contribution in [2.75, 3.05) is 12.1 Å². The van der Waals surface area contributed by atoms with Crippen molar-refractivity contribution in [3.05, 3.63) is 42.7 Å². The van der Waals surface area contributed by atoms with Crippen LogP contribution >= 0.6 is 0 Å². The van der Waals surface area contributed by atoms with Gasteiger partial charge in [0.2, 0.25) is 0 Å². The summed E-state index contributed by atoms with van der Waals surface area (Å²) in [5.41, 5.74) is 1.08. The smallest absolute Gasteiger partial charge is 0.0715 e. The summed E-state index contributed by atoms with van der Waals surface area (Å²) in [4.78, 5) is 1.68. The Morgan fingerprint density at radius 1 is 1.23 bits per heavy atom. The maximum Gasteiger partial charge on any atom is 0.0715 e. The van der Waals surface area contributed by atoms with Gasteiger partial charge in [0.05, 0.1) is 18.1 Å². The second-order valence-electron chi connectivity index (χ2n) is 2.68. The molecular formula is C9H10N4. The number of para-hydroxylation sites is 1. The van der Waals surface area contributed by atoms with E-state index in [2.05, 4.69) is 10.3 Å². The molecule has 0 spiro atoms. The van der Waals surface area contributed by atoms with Gasteiger partial charge in [-0.2, -0.15) is 4.79 Å². The first kappa shape index (κ1) is 7.79. The summed E-state index contributed by atoms with van der Waals surface area (Å²) in [5, 5.41) is 9.53. The number of hydrogen-bond acceptors (Lipinski definition) is 3. The highest BCUT2D eigenvalue weighted by Crippen LogP contribution is 2.10. The van der Waals surface area contributed by atoms with Crippen molar-refractivity contribution in [3.8, 4) is 0 Å². The van der Waals surface area contributed by atoms with E-state index in [1.165, 1.54) is 0 Å². The number of anilines is 1. The van der Waals surface area contributed by atoms with E-state index in [0.717, 1.165) is 5.69 Å². The molecule has 66 valence electrons. The van der Waals surface area contributed by atoms with Crippen LogP contribution in [0.5, 0.6) is 0 Å². The van der Waals surface area contributed by atoms with Gasteiger partial charge in [-0.3, -0.25) is 5.01 Å². The van der Waals surface area contributed by atoms with E-state index in [9.17, 15) is 0 Å². The molecule has 0 unspecified atom stereocenters. The first-order chi connectivity index (χ1) is 6.38. The van der Waals surface area contributed by atoms with Crippen LogP contribution in [0.1, 0.15) is 0 Å². The largest absolute Gasteiger partial charge is 0.267 e. The number of hydrogen-bond donors (Lipinski definition) is 0. The molecule has 0 aliphatic heterocycles. The Morgan fingerprint density at radius 2 is 2.00 bits per heavy atom. The van der Waals surface area contributed by atoms with Crippen LogP contribution in [0.4, 0.5) is 5.69 Å². The molecule has 0 atom stereocenters. The molecule has 0 aliphatic carbocycles. The summed E-state index contributed by atoms with van der Waals surface area (Å²) in [6, 6.07) is 9.99. The second kappa shape index (κ2) is 3.26. The quantitative estimate of drug-likeness (QED) is 0.685. The van der Waals surface area contributed by atoms with Crippen LogP contribution in [0.2, 0.25) is 0 Å². The summed E-state index contributed by atoms with van der Waals surface area (Å²) in [6.45, 7) is 0. The van der Waals surface area contributed by atoms with Crippen molar-refractivity contribution < 1.29 is 0 Å². The van der Waals surface area contributed by atoms with Crippen LogP contribution < -0.4 is 5.01 Å². The zero-order valence-electron chi connectivity index (χ0n) is 7.33. The summed E-state index contributed by atoms with van der Waals surface area (Å²) in [7, 11) is 1.93. The van der Waals surface area contributed by atoms with Gasteiger partial charge in [-0.1, -0.05) is 18.2 Å². The summed E-state index contributed by atoms with van der Waals surface area (Å²) in [6.07, 6.45) is 3.45. The lowest BCUT2D eigenvalue weighted by Crippen LogP contribution is -2.24. The normalized spacial score (nSPS) is 9.92. The molecule has 0 aliphatic rings. The van der Waals surface area contributed by atoms with Crippen LogP contribution in [-0.4, -0.2) is 22.2 Å². The Bertz CT molecular complexity index is 354. The molecule has 1 heterocycles. The molecular weight excluding hydrogens is 164 g/mol. The minimum atomic E-state index is 1.08. The molecule has 0 saturated carbocycles. The Labute approximate surface area is 76.4 Å². The van der Waals surface area contributed by atoms with E-state index in [4.69, 9.17) is 0 Å². The Balaban J connectivity index is 2.29. The molecule has 0 radical (unpaired) electrons. The lowest BCUT2D eigenvalue weighted by molar-refractivity contribution is 0.637. The molecule has 2 rings (SSSR count). The molecule has 1 aromatic heterocycles. The van der Waals surface area contributed by atoms with Gasteiger partial charge in [-0.25, -0.2) is 0 Å². The van der Waals surface area contributed by atoms with Gasteiger partial charge in [0.15, 0.2) is 0 Å². The van der Waals surface area contributed by atoms with E-state index in [-0.39, 0.29) is 0 Å². The van der Waals surface area contributed by atoms with Gasteiger partial charge in [-0.05, 0) is 17.3 Å². The van der Waals surface area contributed by atoms with Gasteiger partial charge in [-0.15, -0.1) is 5.10 Å². The van der Waals surface area contributed by atoms with E-state index in [1.807, 2.05) is 42.4 Å². The number of rotatable bonds is 2. The van der Waals surface area contributed by atoms with Crippen LogP contribution in [0.25, 0.3) is 0 Å². The van der Waals surface area contributed by atoms with Gasteiger partial charge >= 0.3 is 0 Å².